The van der Waals surface area contributed by atoms with E-state index in [2.05, 4.69) is 15.9 Å². The number of hydrogen-bond donors (Lipinski definition) is 0. The van der Waals surface area contributed by atoms with Gasteiger partial charge >= 0.3 is 0 Å². The highest BCUT2D eigenvalue weighted by Gasteiger charge is 2.10. The molecule has 1 nitrogen and oxygen atoms in total. The van der Waals surface area contributed by atoms with Gasteiger partial charge in [0, 0.05) is 9.85 Å². The Hall–Kier alpha value is -0.250. The van der Waals surface area contributed by atoms with E-state index in [1.165, 1.54) is 0 Å². The molecule has 0 N–H and O–H groups in total. The molecule has 0 fully saturated rings. The zero-order chi connectivity index (χ0) is 9.42. The standard InChI is InChI=1S/C9H6BrClOS/c1-12-7-3-2-5(10)9-8(7)6(11)4-13-9/h2-4H,1H3. The molecule has 0 aliphatic carbocycles. The third kappa shape index (κ3) is 1.45. The summed E-state index contributed by atoms with van der Waals surface area (Å²) < 4.78 is 7.41. The normalized spacial score (nSPS) is 10.7. The summed E-state index contributed by atoms with van der Waals surface area (Å²) in [5.74, 6) is 0.824. The Morgan fingerprint density at radius 1 is 1.46 bits per heavy atom. The zero-order valence-corrected chi connectivity index (χ0v) is 9.96. The second kappa shape index (κ2) is 3.48. The van der Waals surface area contributed by atoms with Crippen LogP contribution in [0.4, 0.5) is 0 Å². The highest BCUT2D eigenvalue weighted by molar-refractivity contribution is 9.10. The number of fused-ring (bicyclic) bond motifs is 1. The van der Waals surface area contributed by atoms with Gasteiger partial charge in [0.2, 0.25) is 0 Å². The maximum absolute atomic E-state index is 6.04. The largest absolute Gasteiger partial charge is 0.496 e. The molecule has 68 valence electrons. The smallest absolute Gasteiger partial charge is 0.129 e. The van der Waals surface area contributed by atoms with Gasteiger partial charge in [-0.1, -0.05) is 11.6 Å². The molecule has 1 aromatic carbocycles. The number of methoxy groups -OCH3 is 1. The van der Waals surface area contributed by atoms with Crippen LogP contribution in [0.1, 0.15) is 0 Å². The van der Waals surface area contributed by atoms with E-state index >= 15 is 0 Å². The summed E-state index contributed by atoms with van der Waals surface area (Å²) in [5.41, 5.74) is 0. The molecule has 2 rings (SSSR count). The van der Waals surface area contributed by atoms with Crippen LogP contribution in [-0.2, 0) is 0 Å². The number of hydrogen-bond acceptors (Lipinski definition) is 2. The van der Waals surface area contributed by atoms with Gasteiger partial charge in [-0.05, 0) is 28.1 Å². The van der Waals surface area contributed by atoms with E-state index in [0.29, 0.717) is 0 Å². The Morgan fingerprint density at radius 3 is 2.92 bits per heavy atom. The van der Waals surface area contributed by atoms with E-state index in [4.69, 9.17) is 16.3 Å². The van der Waals surface area contributed by atoms with Crippen molar-refractivity contribution in [1.29, 1.82) is 0 Å². The number of rotatable bonds is 1. The molecule has 4 heteroatoms. The molecule has 13 heavy (non-hydrogen) atoms. The van der Waals surface area contributed by atoms with Gasteiger partial charge < -0.3 is 4.74 Å². The Kier molecular flexibility index (Phi) is 2.49. The van der Waals surface area contributed by atoms with Crippen molar-refractivity contribution in [2.75, 3.05) is 7.11 Å². The summed E-state index contributed by atoms with van der Waals surface area (Å²) in [6.45, 7) is 0. The number of ether oxygens (including phenoxy) is 1. The average molecular weight is 278 g/mol. The molecule has 0 amide bonds. The third-order valence-electron chi connectivity index (χ3n) is 1.81. The SMILES string of the molecule is COc1ccc(Br)c2scc(Cl)c12. The second-order valence-electron chi connectivity index (χ2n) is 2.54. The van der Waals surface area contributed by atoms with Crippen molar-refractivity contribution >= 4 is 49.0 Å². The molecular formula is C9H6BrClOS. The molecule has 1 heterocycles. The molecule has 0 aliphatic rings. The number of halogens is 2. The summed E-state index contributed by atoms with van der Waals surface area (Å²) in [6.07, 6.45) is 0. The van der Waals surface area contributed by atoms with E-state index in [0.717, 1.165) is 25.3 Å². The Balaban J connectivity index is 2.88. The lowest BCUT2D eigenvalue weighted by Gasteiger charge is -2.02. The van der Waals surface area contributed by atoms with Gasteiger partial charge in [0.25, 0.3) is 0 Å². The maximum Gasteiger partial charge on any atom is 0.129 e. The summed E-state index contributed by atoms with van der Waals surface area (Å²) in [7, 11) is 1.65. The first-order valence-corrected chi connectivity index (χ1v) is 5.68. The van der Waals surface area contributed by atoms with Crippen LogP contribution in [0.5, 0.6) is 5.75 Å². The second-order valence-corrected chi connectivity index (χ2v) is 4.68. The van der Waals surface area contributed by atoms with Crippen LogP contribution in [-0.4, -0.2) is 7.11 Å². The predicted octanol–water partition coefficient (Wildman–Crippen LogP) is 4.33. The lowest BCUT2D eigenvalue weighted by molar-refractivity contribution is 0.420. The van der Waals surface area contributed by atoms with Crippen LogP contribution in [0.2, 0.25) is 5.02 Å². The van der Waals surface area contributed by atoms with Crippen molar-refractivity contribution in [3.63, 3.8) is 0 Å². The van der Waals surface area contributed by atoms with E-state index in [1.807, 2.05) is 17.5 Å². The summed E-state index contributed by atoms with van der Waals surface area (Å²) >= 11 is 11.1. The van der Waals surface area contributed by atoms with Gasteiger partial charge in [-0.15, -0.1) is 11.3 Å². The van der Waals surface area contributed by atoms with Gasteiger partial charge in [-0.3, -0.25) is 0 Å². The van der Waals surface area contributed by atoms with Gasteiger partial charge in [0.05, 0.1) is 22.2 Å². The number of thiophene rings is 1. The molecule has 0 saturated carbocycles. The van der Waals surface area contributed by atoms with Crippen molar-refractivity contribution in [2.45, 2.75) is 0 Å². The average Bonchev–Trinajstić information content (AvgIpc) is 2.51. The molecule has 2 aromatic rings. The van der Waals surface area contributed by atoms with Crippen molar-refractivity contribution < 1.29 is 4.74 Å². The first-order valence-electron chi connectivity index (χ1n) is 3.63. The molecule has 0 radical (unpaired) electrons. The molecule has 1 aromatic heterocycles. The minimum atomic E-state index is 0.748. The molecule has 0 atom stereocenters. The van der Waals surface area contributed by atoms with Gasteiger partial charge in [0.15, 0.2) is 0 Å². The first-order chi connectivity index (χ1) is 6.24. The quantitative estimate of drug-likeness (QED) is 0.754. The molecule has 0 unspecified atom stereocenters. The Labute approximate surface area is 93.4 Å². The molecule has 0 saturated heterocycles. The van der Waals surface area contributed by atoms with E-state index < -0.39 is 0 Å². The third-order valence-corrected chi connectivity index (χ3v) is 4.17. The van der Waals surface area contributed by atoms with Crippen LogP contribution in [0.15, 0.2) is 22.0 Å². The molecule has 0 bridgehead atoms. The first kappa shape index (κ1) is 9.31. The van der Waals surface area contributed by atoms with Crippen molar-refractivity contribution in [2.24, 2.45) is 0 Å². The molecule has 0 aliphatic heterocycles. The Morgan fingerprint density at radius 2 is 2.23 bits per heavy atom. The van der Waals surface area contributed by atoms with Crippen molar-refractivity contribution in [3.8, 4) is 5.75 Å². The molecular weight excluding hydrogens is 272 g/mol. The van der Waals surface area contributed by atoms with E-state index in [-0.39, 0.29) is 0 Å². The van der Waals surface area contributed by atoms with E-state index in [1.54, 1.807) is 18.4 Å². The fourth-order valence-electron chi connectivity index (χ4n) is 1.22. The predicted molar refractivity (Wildman–Crippen MR) is 61.1 cm³/mol. The maximum atomic E-state index is 6.04. The molecule has 0 spiro atoms. The van der Waals surface area contributed by atoms with Crippen LogP contribution in [0.25, 0.3) is 10.1 Å². The summed E-state index contributed by atoms with van der Waals surface area (Å²) in [5, 5.41) is 3.65. The summed E-state index contributed by atoms with van der Waals surface area (Å²) in [6, 6.07) is 3.87. The lowest BCUT2D eigenvalue weighted by Crippen LogP contribution is -1.82. The highest BCUT2D eigenvalue weighted by Crippen LogP contribution is 2.40. The van der Waals surface area contributed by atoms with Crippen LogP contribution in [0.3, 0.4) is 0 Å². The van der Waals surface area contributed by atoms with Gasteiger partial charge in [-0.25, -0.2) is 0 Å². The lowest BCUT2D eigenvalue weighted by atomic mass is 10.2. The highest BCUT2D eigenvalue weighted by atomic mass is 79.9. The van der Waals surface area contributed by atoms with Crippen LogP contribution < -0.4 is 4.74 Å². The Bertz CT molecular complexity index is 452. The zero-order valence-electron chi connectivity index (χ0n) is 6.80. The summed E-state index contributed by atoms with van der Waals surface area (Å²) in [4.78, 5) is 0. The minimum absolute atomic E-state index is 0.748. The van der Waals surface area contributed by atoms with Gasteiger partial charge in [0.1, 0.15) is 5.75 Å². The van der Waals surface area contributed by atoms with Crippen molar-refractivity contribution in [3.05, 3.63) is 27.0 Å². The van der Waals surface area contributed by atoms with E-state index in [9.17, 15) is 0 Å². The van der Waals surface area contributed by atoms with Gasteiger partial charge in [-0.2, -0.15) is 0 Å². The monoisotopic (exact) mass is 276 g/mol. The minimum Gasteiger partial charge on any atom is -0.496 e. The van der Waals surface area contributed by atoms with Crippen molar-refractivity contribution in [1.82, 2.24) is 0 Å². The topological polar surface area (TPSA) is 9.23 Å². The fraction of sp³-hybridized carbons (Fsp3) is 0.111. The fourth-order valence-corrected chi connectivity index (χ4v) is 3.06. The number of benzene rings is 1. The van der Waals surface area contributed by atoms with Crippen LogP contribution in [0, 0.1) is 0 Å². The van der Waals surface area contributed by atoms with Crippen LogP contribution >= 0.6 is 38.9 Å².